The SMILES string of the molecule is Fc1cc(Cl)cnc1SCC1CCCO1. The van der Waals surface area contributed by atoms with Gasteiger partial charge >= 0.3 is 0 Å². The molecule has 82 valence electrons. The molecule has 1 aliphatic heterocycles. The Balaban J connectivity index is 1.92. The van der Waals surface area contributed by atoms with Crippen molar-refractivity contribution in [2.45, 2.75) is 24.0 Å². The highest BCUT2D eigenvalue weighted by atomic mass is 35.5. The predicted octanol–water partition coefficient (Wildman–Crippen LogP) is 3.15. The van der Waals surface area contributed by atoms with Crippen molar-refractivity contribution in [3.8, 4) is 0 Å². The average molecular weight is 248 g/mol. The van der Waals surface area contributed by atoms with Crippen LogP contribution in [0.2, 0.25) is 5.02 Å². The van der Waals surface area contributed by atoms with E-state index in [-0.39, 0.29) is 11.9 Å². The third-order valence-corrected chi connectivity index (χ3v) is 3.52. The lowest BCUT2D eigenvalue weighted by molar-refractivity contribution is 0.129. The molecule has 0 radical (unpaired) electrons. The Kier molecular flexibility index (Phi) is 3.83. The summed E-state index contributed by atoms with van der Waals surface area (Å²) in [6.07, 6.45) is 3.86. The molecule has 0 amide bonds. The van der Waals surface area contributed by atoms with Crippen LogP contribution in [0.5, 0.6) is 0 Å². The normalized spacial score (nSPS) is 20.8. The largest absolute Gasteiger partial charge is 0.377 e. The van der Waals surface area contributed by atoms with Crippen LogP contribution < -0.4 is 0 Å². The summed E-state index contributed by atoms with van der Waals surface area (Å²) < 4.78 is 18.8. The lowest BCUT2D eigenvalue weighted by Gasteiger charge is -2.08. The number of aromatic nitrogens is 1. The number of thioether (sulfide) groups is 1. The first-order chi connectivity index (χ1) is 7.25. The van der Waals surface area contributed by atoms with Crippen molar-refractivity contribution in [1.82, 2.24) is 4.98 Å². The number of pyridine rings is 1. The van der Waals surface area contributed by atoms with Crippen LogP contribution >= 0.6 is 23.4 Å². The first kappa shape index (κ1) is 11.2. The molecular formula is C10H11ClFNOS. The molecule has 0 aromatic carbocycles. The Labute approximate surface area is 97.2 Å². The zero-order valence-electron chi connectivity index (χ0n) is 8.08. The van der Waals surface area contributed by atoms with Crippen LogP contribution in [-0.2, 0) is 4.74 Å². The third kappa shape index (κ3) is 3.06. The van der Waals surface area contributed by atoms with E-state index in [1.807, 2.05) is 0 Å². The zero-order valence-corrected chi connectivity index (χ0v) is 9.65. The van der Waals surface area contributed by atoms with Gasteiger partial charge in [-0.25, -0.2) is 9.37 Å². The first-order valence-corrected chi connectivity index (χ1v) is 6.17. The van der Waals surface area contributed by atoms with E-state index in [9.17, 15) is 4.39 Å². The van der Waals surface area contributed by atoms with E-state index in [0.29, 0.717) is 10.0 Å². The number of halogens is 2. The van der Waals surface area contributed by atoms with Crippen LogP contribution in [0, 0.1) is 5.82 Å². The van der Waals surface area contributed by atoms with Crippen molar-refractivity contribution in [1.29, 1.82) is 0 Å². The number of hydrogen-bond donors (Lipinski definition) is 0. The lowest BCUT2D eigenvalue weighted by atomic mass is 10.3. The summed E-state index contributed by atoms with van der Waals surface area (Å²) in [5.74, 6) is 0.399. The molecule has 1 fully saturated rings. The third-order valence-electron chi connectivity index (χ3n) is 2.20. The Morgan fingerprint density at radius 3 is 3.20 bits per heavy atom. The summed E-state index contributed by atoms with van der Waals surface area (Å²) in [5, 5.41) is 0.726. The average Bonchev–Trinajstić information content (AvgIpc) is 2.69. The predicted molar refractivity (Wildman–Crippen MR) is 58.9 cm³/mol. The molecule has 0 spiro atoms. The smallest absolute Gasteiger partial charge is 0.156 e. The molecule has 1 unspecified atom stereocenters. The molecule has 1 aromatic heterocycles. The fraction of sp³-hybridized carbons (Fsp3) is 0.500. The minimum absolute atomic E-state index is 0.242. The molecule has 1 atom stereocenters. The molecule has 15 heavy (non-hydrogen) atoms. The van der Waals surface area contributed by atoms with E-state index in [0.717, 1.165) is 25.2 Å². The van der Waals surface area contributed by atoms with Crippen LogP contribution in [0.4, 0.5) is 4.39 Å². The van der Waals surface area contributed by atoms with E-state index in [1.54, 1.807) is 0 Å². The maximum atomic E-state index is 13.3. The van der Waals surface area contributed by atoms with Gasteiger partial charge in [0.2, 0.25) is 0 Å². The van der Waals surface area contributed by atoms with Crippen LogP contribution in [0.1, 0.15) is 12.8 Å². The highest BCUT2D eigenvalue weighted by Crippen LogP contribution is 2.25. The topological polar surface area (TPSA) is 22.1 Å². The monoisotopic (exact) mass is 247 g/mol. The molecule has 5 heteroatoms. The van der Waals surface area contributed by atoms with Gasteiger partial charge in [-0.3, -0.25) is 0 Å². The highest BCUT2D eigenvalue weighted by molar-refractivity contribution is 7.99. The summed E-state index contributed by atoms with van der Waals surface area (Å²) in [6, 6.07) is 1.28. The standard InChI is InChI=1S/C10H11ClFNOS/c11-7-4-9(12)10(13-5-7)15-6-8-2-1-3-14-8/h4-5,8H,1-3,6H2. The van der Waals surface area contributed by atoms with Crippen LogP contribution in [-0.4, -0.2) is 23.4 Å². The molecule has 0 aliphatic carbocycles. The number of rotatable bonds is 3. The maximum Gasteiger partial charge on any atom is 0.156 e. The van der Waals surface area contributed by atoms with E-state index < -0.39 is 0 Å². The van der Waals surface area contributed by atoms with Gasteiger partial charge in [-0.1, -0.05) is 11.6 Å². The van der Waals surface area contributed by atoms with Gasteiger partial charge in [0.05, 0.1) is 11.1 Å². The van der Waals surface area contributed by atoms with Gasteiger partial charge in [0.15, 0.2) is 5.82 Å². The molecule has 0 N–H and O–H groups in total. The lowest BCUT2D eigenvalue weighted by Crippen LogP contribution is -2.08. The summed E-state index contributed by atoms with van der Waals surface area (Å²) >= 11 is 6.99. The number of hydrogen-bond acceptors (Lipinski definition) is 3. The molecule has 2 rings (SSSR count). The quantitative estimate of drug-likeness (QED) is 0.766. The minimum atomic E-state index is -0.356. The van der Waals surface area contributed by atoms with Crippen LogP contribution in [0.25, 0.3) is 0 Å². The van der Waals surface area contributed by atoms with Crippen molar-refractivity contribution in [2.75, 3.05) is 12.4 Å². The molecule has 0 saturated carbocycles. The Hall–Kier alpha value is -0.320. The second-order valence-electron chi connectivity index (χ2n) is 3.39. The van der Waals surface area contributed by atoms with Crippen LogP contribution in [0.3, 0.4) is 0 Å². The first-order valence-electron chi connectivity index (χ1n) is 4.81. The molecule has 0 bridgehead atoms. The van der Waals surface area contributed by atoms with Gasteiger partial charge in [-0.15, -0.1) is 11.8 Å². The zero-order chi connectivity index (χ0) is 10.7. The fourth-order valence-electron chi connectivity index (χ4n) is 1.46. The molecule has 2 heterocycles. The second-order valence-corrected chi connectivity index (χ2v) is 4.83. The Bertz CT molecular complexity index is 344. The van der Waals surface area contributed by atoms with Gasteiger partial charge in [0, 0.05) is 18.6 Å². The van der Waals surface area contributed by atoms with E-state index in [1.165, 1.54) is 24.0 Å². The van der Waals surface area contributed by atoms with Crippen molar-refractivity contribution in [2.24, 2.45) is 0 Å². The second kappa shape index (κ2) is 5.14. The Morgan fingerprint density at radius 1 is 1.67 bits per heavy atom. The molecule has 1 aromatic rings. The molecular weight excluding hydrogens is 237 g/mol. The van der Waals surface area contributed by atoms with Crippen molar-refractivity contribution >= 4 is 23.4 Å². The van der Waals surface area contributed by atoms with Gasteiger partial charge in [-0.05, 0) is 18.9 Å². The van der Waals surface area contributed by atoms with Crippen molar-refractivity contribution < 1.29 is 9.13 Å². The Morgan fingerprint density at radius 2 is 2.53 bits per heavy atom. The summed E-state index contributed by atoms with van der Waals surface area (Å²) in [5.41, 5.74) is 0. The van der Waals surface area contributed by atoms with Gasteiger partial charge in [0.25, 0.3) is 0 Å². The highest BCUT2D eigenvalue weighted by Gasteiger charge is 2.16. The van der Waals surface area contributed by atoms with E-state index in [4.69, 9.17) is 16.3 Å². The fourth-order valence-corrected chi connectivity index (χ4v) is 2.53. The summed E-state index contributed by atoms with van der Waals surface area (Å²) in [7, 11) is 0. The molecule has 1 saturated heterocycles. The van der Waals surface area contributed by atoms with Crippen molar-refractivity contribution in [3.63, 3.8) is 0 Å². The summed E-state index contributed by atoms with van der Waals surface area (Å²) in [4.78, 5) is 3.94. The van der Waals surface area contributed by atoms with Crippen molar-refractivity contribution in [3.05, 3.63) is 23.1 Å². The molecule has 1 aliphatic rings. The minimum Gasteiger partial charge on any atom is -0.377 e. The van der Waals surface area contributed by atoms with Gasteiger partial charge < -0.3 is 4.74 Å². The van der Waals surface area contributed by atoms with Crippen LogP contribution in [0.15, 0.2) is 17.3 Å². The van der Waals surface area contributed by atoms with E-state index >= 15 is 0 Å². The van der Waals surface area contributed by atoms with Gasteiger partial charge in [-0.2, -0.15) is 0 Å². The van der Waals surface area contributed by atoms with Gasteiger partial charge in [0.1, 0.15) is 5.03 Å². The number of ether oxygens (including phenoxy) is 1. The van der Waals surface area contributed by atoms with E-state index in [2.05, 4.69) is 4.98 Å². The maximum absolute atomic E-state index is 13.3. The molecule has 2 nitrogen and oxygen atoms in total. The number of nitrogens with zero attached hydrogens (tertiary/aromatic N) is 1. The summed E-state index contributed by atoms with van der Waals surface area (Å²) in [6.45, 7) is 0.821.